The molecule has 1 aromatic carbocycles. The Morgan fingerprint density at radius 3 is 2.62 bits per heavy atom. The third-order valence-electron chi connectivity index (χ3n) is 2.21. The smallest absolute Gasteiger partial charge is 0.127 e. The molecule has 2 rings (SSSR count). The highest BCUT2D eigenvalue weighted by Crippen LogP contribution is 2.25. The minimum absolute atomic E-state index is 0.877. The summed E-state index contributed by atoms with van der Waals surface area (Å²) in [5.41, 5.74) is 0. The summed E-state index contributed by atoms with van der Waals surface area (Å²) in [6.45, 7) is 0. The lowest BCUT2D eigenvalue weighted by atomic mass is 10.2. The van der Waals surface area contributed by atoms with E-state index in [0.29, 0.717) is 0 Å². The molecule has 1 aromatic rings. The van der Waals surface area contributed by atoms with Gasteiger partial charge in [0.1, 0.15) is 11.5 Å². The highest BCUT2D eigenvalue weighted by Gasteiger charge is 2.05. The number of halogens is 1. The highest BCUT2D eigenvalue weighted by molar-refractivity contribution is 9.11. The Morgan fingerprint density at radius 1 is 1.25 bits per heavy atom. The SMILES string of the molecule is CSc1ccc(OC2=CC[CH]C(Br)=C2)cc1. The van der Waals surface area contributed by atoms with E-state index in [1.54, 1.807) is 11.8 Å². The average Bonchev–Trinajstić information content (AvgIpc) is 2.30. The van der Waals surface area contributed by atoms with Crippen LogP contribution in [0.2, 0.25) is 0 Å². The topological polar surface area (TPSA) is 9.23 Å². The van der Waals surface area contributed by atoms with Gasteiger partial charge >= 0.3 is 0 Å². The fourth-order valence-electron chi connectivity index (χ4n) is 1.39. The molecule has 0 aromatic heterocycles. The summed E-state index contributed by atoms with van der Waals surface area (Å²) in [4.78, 5) is 1.25. The maximum atomic E-state index is 5.75. The quantitative estimate of drug-likeness (QED) is 0.756. The Kier molecular flexibility index (Phi) is 4.13. The summed E-state index contributed by atoms with van der Waals surface area (Å²) in [6.07, 6.45) is 9.12. The van der Waals surface area contributed by atoms with Gasteiger partial charge < -0.3 is 4.74 Å². The van der Waals surface area contributed by atoms with E-state index in [4.69, 9.17) is 4.74 Å². The molecule has 0 heterocycles. The van der Waals surface area contributed by atoms with Crippen molar-refractivity contribution in [3.05, 3.63) is 53.1 Å². The van der Waals surface area contributed by atoms with E-state index in [2.05, 4.69) is 46.8 Å². The van der Waals surface area contributed by atoms with Crippen LogP contribution in [0, 0.1) is 6.42 Å². The number of hydrogen-bond acceptors (Lipinski definition) is 2. The lowest BCUT2D eigenvalue weighted by Gasteiger charge is -2.11. The van der Waals surface area contributed by atoms with Gasteiger partial charge in [0.25, 0.3) is 0 Å². The zero-order valence-corrected chi connectivity index (χ0v) is 11.3. The molecule has 1 aliphatic rings. The lowest BCUT2D eigenvalue weighted by Crippen LogP contribution is -1.97. The Balaban J connectivity index is 2.06. The van der Waals surface area contributed by atoms with E-state index in [0.717, 1.165) is 22.4 Å². The Labute approximate surface area is 109 Å². The summed E-state index contributed by atoms with van der Waals surface area (Å²) >= 11 is 5.18. The Morgan fingerprint density at radius 2 is 2.00 bits per heavy atom. The van der Waals surface area contributed by atoms with Crippen molar-refractivity contribution in [1.29, 1.82) is 0 Å². The second kappa shape index (κ2) is 5.60. The summed E-state index contributed by atoms with van der Waals surface area (Å²) in [6, 6.07) is 8.11. The van der Waals surface area contributed by atoms with Crippen LogP contribution in [0.25, 0.3) is 0 Å². The molecule has 1 radical (unpaired) electrons. The third-order valence-corrected chi connectivity index (χ3v) is 3.50. The molecule has 3 heteroatoms. The second-order valence-corrected chi connectivity index (χ2v) is 5.15. The van der Waals surface area contributed by atoms with Crippen molar-refractivity contribution >= 4 is 27.7 Å². The van der Waals surface area contributed by atoms with Crippen LogP contribution in [-0.2, 0) is 0 Å². The van der Waals surface area contributed by atoms with Gasteiger partial charge in [-0.05, 0) is 49.1 Å². The van der Waals surface area contributed by atoms with Crippen LogP contribution in [0.15, 0.2) is 51.6 Å². The van der Waals surface area contributed by atoms with Gasteiger partial charge in [0, 0.05) is 15.8 Å². The average molecular weight is 296 g/mol. The summed E-state index contributed by atoms with van der Waals surface area (Å²) in [5.74, 6) is 1.77. The molecule has 0 fully saturated rings. The van der Waals surface area contributed by atoms with Gasteiger partial charge in [-0.3, -0.25) is 0 Å². The first-order valence-electron chi connectivity index (χ1n) is 5.00. The van der Waals surface area contributed by atoms with Gasteiger partial charge in [0.2, 0.25) is 0 Å². The van der Waals surface area contributed by atoms with Crippen LogP contribution in [0.4, 0.5) is 0 Å². The lowest BCUT2D eigenvalue weighted by molar-refractivity contribution is 0.440. The van der Waals surface area contributed by atoms with Crippen LogP contribution >= 0.6 is 27.7 Å². The molecule has 16 heavy (non-hydrogen) atoms. The minimum atomic E-state index is 0.877. The van der Waals surface area contributed by atoms with Crippen LogP contribution < -0.4 is 4.74 Å². The van der Waals surface area contributed by atoms with Crippen molar-refractivity contribution in [3.8, 4) is 5.75 Å². The number of rotatable bonds is 3. The van der Waals surface area contributed by atoms with Gasteiger partial charge in [-0.1, -0.05) is 15.9 Å². The molecule has 0 atom stereocenters. The van der Waals surface area contributed by atoms with Crippen molar-refractivity contribution in [1.82, 2.24) is 0 Å². The molecule has 0 unspecified atom stereocenters. The molecule has 0 bridgehead atoms. The summed E-state index contributed by atoms with van der Waals surface area (Å²) < 4.78 is 6.83. The number of thioether (sulfide) groups is 1. The predicted molar refractivity (Wildman–Crippen MR) is 72.9 cm³/mol. The molecule has 0 spiro atoms. The van der Waals surface area contributed by atoms with Crippen LogP contribution in [-0.4, -0.2) is 6.26 Å². The Hall–Kier alpha value is -0.670. The zero-order valence-electron chi connectivity index (χ0n) is 8.94. The van der Waals surface area contributed by atoms with Crippen molar-refractivity contribution in [2.45, 2.75) is 11.3 Å². The van der Waals surface area contributed by atoms with E-state index in [1.165, 1.54) is 4.90 Å². The van der Waals surface area contributed by atoms with Gasteiger partial charge in [-0.2, -0.15) is 0 Å². The molecule has 0 saturated heterocycles. The van der Waals surface area contributed by atoms with Gasteiger partial charge in [0.05, 0.1) is 0 Å². The van der Waals surface area contributed by atoms with Crippen LogP contribution in [0.3, 0.4) is 0 Å². The van der Waals surface area contributed by atoms with Gasteiger partial charge in [-0.15, -0.1) is 11.8 Å². The predicted octanol–water partition coefficient (Wildman–Crippen LogP) is 4.56. The molecule has 0 N–H and O–H groups in total. The molecule has 0 amide bonds. The third kappa shape index (κ3) is 3.16. The number of benzene rings is 1. The van der Waals surface area contributed by atoms with E-state index in [1.807, 2.05) is 18.2 Å². The van der Waals surface area contributed by atoms with Crippen LogP contribution in [0.1, 0.15) is 6.42 Å². The number of ether oxygens (including phenoxy) is 1. The van der Waals surface area contributed by atoms with Gasteiger partial charge in [-0.25, -0.2) is 0 Å². The van der Waals surface area contributed by atoms with E-state index in [9.17, 15) is 0 Å². The number of allylic oxidation sites excluding steroid dienone is 3. The molecule has 0 saturated carbocycles. The summed E-state index contributed by atoms with van der Waals surface area (Å²) in [5, 5.41) is 0. The van der Waals surface area contributed by atoms with E-state index in [-0.39, 0.29) is 0 Å². The fourth-order valence-corrected chi connectivity index (χ4v) is 2.21. The van der Waals surface area contributed by atoms with Crippen molar-refractivity contribution < 1.29 is 4.74 Å². The van der Waals surface area contributed by atoms with Gasteiger partial charge in [0.15, 0.2) is 0 Å². The molecular weight excluding hydrogens is 284 g/mol. The monoisotopic (exact) mass is 295 g/mol. The van der Waals surface area contributed by atoms with Crippen LogP contribution in [0.5, 0.6) is 5.75 Å². The normalized spacial score (nSPS) is 15.4. The Bertz CT molecular complexity index is 420. The first-order valence-corrected chi connectivity index (χ1v) is 7.02. The standard InChI is InChI=1S/C13H12BrOS/c1-16-13-7-5-11(6-8-13)15-12-4-2-3-10(14)9-12/h3-9H,2H2,1H3. The zero-order chi connectivity index (χ0) is 11.4. The molecule has 1 nitrogen and oxygen atoms in total. The number of hydrogen-bond donors (Lipinski definition) is 0. The first kappa shape index (κ1) is 11.8. The molecule has 1 aliphatic carbocycles. The van der Waals surface area contributed by atoms with E-state index < -0.39 is 0 Å². The summed E-state index contributed by atoms with van der Waals surface area (Å²) in [7, 11) is 0. The molecule has 0 aliphatic heterocycles. The highest BCUT2D eigenvalue weighted by atomic mass is 79.9. The maximum Gasteiger partial charge on any atom is 0.127 e. The van der Waals surface area contributed by atoms with E-state index >= 15 is 0 Å². The molecule has 83 valence electrons. The maximum absolute atomic E-state index is 5.75. The van der Waals surface area contributed by atoms with Crippen molar-refractivity contribution in [2.75, 3.05) is 6.26 Å². The first-order chi connectivity index (χ1) is 7.78. The molecular formula is C13H12BrOS. The minimum Gasteiger partial charge on any atom is -0.458 e. The fraction of sp³-hybridized carbons (Fsp3) is 0.154. The van der Waals surface area contributed by atoms with Crippen molar-refractivity contribution in [2.24, 2.45) is 0 Å². The largest absolute Gasteiger partial charge is 0.458 e. The van der Waals surface area contributed by atoms with Crippen molar-refractivity contribution in [3.63, 3.8) is 0 Å². The second-order valence-electron chi connectivity index (χ2n) is 3.35.